The molecule has 1 N–H and O–H groups in total. The SMILES string of the molecule is Cc1cc(OCC(=O)NC(CN2CCOCC2)c2ccccc2)ccc1Cl. The summed E-state index contributed by atoms with van der Waals surface area (Å²) in [6.07, 6.45) is 0. The quantitative estimate of drug-likeness (QED) is 0.791. The molecule has 0 aliphatic carbocycles. The van der Waals surface area contributed by atoms with E-state index in [4.69, 9.17) is 21.1 Å². The van der Waals surface area contributed by atoms with Crippen molar-refractivity contribution in [1.82, 2.24) is 10.2 Å². The maximum atomic E-state index is 12.5. The van der Waals surface area contributed by atoms with Crippen LogP contribution in [-0.2, 0) is 9.53 Å². The number of morpholine rings is 1. The summed E-state index contributed by atoms with van der Waals surface area (Å²) in [4.78, 5) is 14.8. The number of carbonyl (C=O) groups excluding carboxylic acids is 1. The summed E-state index contributed by atoms with van der Waals surface area (Å²) in [6, 6.07) is 15.3. The van der Waals surface area contributed by atoms with Gasteiger partial charge in [-0.2, -0.15) is 0 Å². The van der Waals surface area contributed by atoms with Gasteiger partial charge in [-0.15, -0.1) is 0 Å². The highest BCUT2D eigenvalue weighted by Gasteiger charge is 2.20. The van der Waals surface area contributed by atoms with Crippen LogP contribution in [0.5, 0.6) is 5.75 Å². The number of nitrogens with zero attached hydrogens (tertiary/aromatic N) is 1. The smallest absolute Gasteiger partial charge is 0.258 e. The molecule has 1 atom stereocenters. The third-order valence-electron chi connectivity index (χ3n) is 4.58. The fourth-order valence-electron chi connectivity index (χ4n) is 3.05. The van der Waals surface area contributed by atoms with Gasteiger partial charge in [0.1, 0.15) is 5.75 Å². The molecule has 0 aromatic heterocycles. The number of amides is 1. The van der Waals surface area contributed by atoms with Crippen LogP contribution in [0.3, 0.4) is 0 Å². The van der Waals surface area contributed by atoms with Crippen molar-refractivity contribution in [2.45, 2.75) is 13.0 Å². The zero-order valence-electron chi connectivity index (χ0n) is 15.5. The molecule has 27 heavy (non-hydrogen) atoms. The second-order valence-electron chi connectivity index (χ2n) is 6.64. The standard InChI is InChI=1S/C21H25ClN2O3/c1-16-13-18(7-8-19(16)22)27-15-21(25)23-20(17-5-3-2-4-6-17)14-24-9-11-26-12-10-24/h2-8,13,20H,9-12,14-15H2,1H3,(H,23,25). The Morgan fingerprint density at radius 3 is 2.67 bits per heavy atom. The fourth-order valence-corrected chi connectivity index (χ4v) is 3.17. The third-order valence-corrected chi connectivity index (χ3v) is 5.01. The normalized spacial score (nSPS) is 15.9. The first-order valence-corrected chi connectivity index (χ1v) is 9.53. The van der Waals surface area contributed by atoms with Crippen LogP contribution in [0, 0.1) is 6.92 Å². The van der Waals surface area contributed by atoms with Gasteiger partial charge in [-0.3, -0.25) is 9.69 Å². The van der Waals surface area contributed by atoms with Crippen molar-refractivity contribution in [3.63, 3.8) is 0 Å². The van der Waals surface area contributed by atoms with Crippen LogP contribution < -0.4 is 10.1 Å². The van der Waals surface area contributed by atoms with Crippen LogP contribution in [-0.4, -0.2) is 50.3 Å². The highest BCUT2D eigenvalue weighted by atomic mass is 35.5. The zero-order chi connectivity index (χ0) is 19.1. The minimum absolute atomic E-state index is 0.0342. The molecule has 1 aliphatic rings. The molecule has 5 nitrogen and oxygen atoms in total. The molecule has 6 heteroatoms. The second kappa shape index (κ2) is 9.74. The molecule has 1 heterocycles. The van der Waals surface area contributed by atoms with Crippen molar-refractivity contribution in [3.8, 4) is 5.75 Å². The van der Waals surface area contributed by atoms with Gasteiger partial charge in [0.05, 0.1) is 19.3 Å². The van der Waals surface area contributed by atoms with E-state index in [9.17, 15) is 4.79 Å². The van der Waals surface area contributed by atoms with Gasteiger partial charge in [0, 0.05) is 24.7 Å². The Balaban J connectivity index is 1.60. The van der Waals surface area contributed by atoms with E-state index in [1.807, 2.05) is 43.3 Å². The van der Waals surface area contributed by atoms with Crippen LogP contribution in [0.4, 0.5) is 0 Å². The number of carbonyl (C=O) groups is 1. The lowest BCUT2D eigenvalue weighted by Gasteiger charge is -2.31. The van der Waals surface area contributed by atoms with E-state index in [1.165, 1.54) is 0 Å². The topological polar surface area (TPSA) is 50.8 Å². The van der Waals surface area contributed by atoms with Crippen LogP contribution in [0.25, 0.3) is 0 Å². The first kappa shape index (κ1) is 19.7. The second-order valence-corrected chi connectivity index (χ2v) is 7.05. The van der Waals surface area contributed by atoms with Crippen LogP contribution >= 0.6 is 11.6 Å². The fraction of sp³-hybridized carbons (Fsp3) is 0.381. The van der Waals surface area contributed by atoms with Crippen LogP contribution in [0.2, 0.25) is 5.02 Å². The highest BCUT2D eigenvalue weighted by Crippen LogP contribution is 2.21. The predicted molar refractivity (Wildman–Crippen MR) is 106 cm³/mol. The van der Waals surface area contributed by atoms with Crippen molar-refractivity contribution in [2.75, 3.05) is 39.5 Å². The molecule has 144 valence electrons. The van der Waals surface area contributed by atoms with Crippen molar-refractivity contribution in [1.29, 1.82) is 0 Å². The van der Waals surface area contributed by atoms with Crippen molar-refractivity contribution < 1.29 is 14.3 Å². The highest BCUT2D eigenvalue weighted by molar-refractivity contribution is 6.31. The van der Waals surface area contributed by atoms with Crippen LogP contribution in [0.15, 0.2) is 48.5 Å². The first-order valence-electron chi connectivity index (χ1n) is 9.15. The minimum Gasteiger partial charge on any atom is -0.484 e. The van der Waals surface area contributed by atoms with E-state index >= 15 is 0 Å². The predicted octanol–water partition coefficient (Wildman–Crippen LogP) is 3.22. The molecule has 2 aromatic carbocycles. The molecule has 0 saturated carbocycles. The summed E-state index contributed by atoms with van der Waals surface area (Å²) < 4.78 is 11.0. The van der Waals surface area contributed by atoms with E-state index in [0.717, 1.165) is 44.0 Å². The van der Waals surface area contributed by atoms with Gasteiger partial charge < -0.3 is 14.8 Å². The Bertz CT molecular complexity index is 748. The molecule has 2 aromatic rings. The van der Waals surface area contributed by atoms with Crippen LogP contribution in [0.1, 0.15) is 17.2 Å². The van der Waals surface area contributed by atoms with Crippen molar-refractivity contribution in [3.05, 3.63) is 64.7 Å². The summed E-state index contributed by atoms with van der Waals surface area (Å²) in [5.41, 5.74) is 2.00. The van der Waals surface area contributed by atoms with Gasteiger partial charge >= 0.3 is 0 Å². The molecular weight excluding hydrogens is 364 g/mol. The van der Waals surface area contributed by atoms with Gasteiger partial charge in [0.2, 0.25) is 0 Å². The van der Waals surface area contributed by atoms with Gasteiger partial charge in [-0.05, 0) is 36.2 Å². The minimum atomic E-state index is -0.148. The molecule has 1 fully saturated rings. The summed E-state index contributed by atoms with van der Waals surface area (Å²) >= 11 is 6.02. The Kier molecular flexibility index (Phi) is 7.10. The summed E-state index contributed by atoms with van der Waals surface area (Å²) in [5.74, 6) is 0.487. The molecule has 0 bridgehead atoms. The van der Waals surface area contributed by atoms with E-state index in [0.29, 0.717) is 10.8 Å². The molecular formula is C21H25ClN2O3. The lowest BCUT2D eigenvalue weighted by Crippen LogP contribution is -2.44. The average Bonchev–Trinajstić information content (AvgIpc) is 2.70. The Labute approximate surface area is 165 Å². The summed E-state index contributed by atoms with van der Waals surface area (Å²) in [6.45, 7) is 5.83. The number of benzene rings is 2. The third kappa shape index (κ3) is 5.96. The van der Waals surface area contributed by atoms with E-state index in [-0.39, 0.29) is 18.6 Å². The molecule has 1 amide bonds. The Morgan fingerprint density at radius 2 is 1.96 bits per heavy atom. The first-order chi connectivity index (χ1) is 13.1. The van der Waals surface area contributed by atoms with Gasteiger partial charge in [0.15, 0.2) is 6.61 Å². The number of hydrogen-bond acceptors (Lipinski definition) is 4. The monoisotopic (exact) mass is 388 g/mol. The Hall–Kier alpha value is -2.08. The van der Waals surface area contributed by atoms with E-state index in [1.54, 1.807) is 12.1 Å². The average molecular weight is 389 g/mol. The lowest BCUT2D eigenvalue weighted by atomic mass is 10.1. The number of hydrogen-bond donors (Lipinski definition) is 1. The number of ether oxygens (including phenoxy) is 2. The lowest BCUT2D eigenvalue weighted by molar-refractivity contribution is -0.124. The molecule has 0 radical (unpaired) electrons. The Morgan fingerprint density at radius 1 is 1.22 bits per heavy atom. The maximum absolute atomic E-state index is 12.5. The van der Waals surface area contributed by atoms with Gasteiger partial charge in [0.25, 0.3) is 5.91 Å². The van der Waals surface area contributed by atoms with E-state index < -0.39 is 0 Å². The number of aryl methyl sites for hydroxylation is 1. The molecule has 1 saturated heterocycles. The van der Waals surface area contributed by atoms with Crippen molar-refractivity contribution in [2.24, 2.45) is 0 Å². The zero-order valence-corrected chi connectivity index (χ0v) is 16.2. The molecule has 1 unspecified atom stereocenters. The maximum Gasteiger partial charge on any atom is 0.258 e. The van der Waals surface area contributed by atoms with Gasteiger partial charge in [-0.1, -0.05) is 41.9 Å². The van der Waals surface area contributed by atoms with Crippen molar-refractivity contribution >= 4 is 17.5 Å². The molecule has 3 rings (SSSR count). The van der Waals surface area contributed by atoms with Gasteiger partial charge in [-0.25, -0.2) is 0 Å². The molecule has 1 aliphatic heterocycles. The van der Waals surface area contributed by atoms with E-state index in [2.05, 4.69) is 10.2 Å². The largest absolute Gasteiger partial charge is 0.484 e. The molecule has 0 spiro atoms. The number of halogens is 1. The number of nitrogens with one attached hydrogen (secondary N) is 1. The number of rotatable bonds is 7. The summed E-state index contributed by atoms with van der Waals surface area (Å²) in [7, 11) is 0. The summed E-state index contributed by atoms with van der Waals surface area (Å²) in [5, 5.41) is 3.79.